The van der Waals surface area contributed by atoms with Crippen molar-refractivity contribution in [1.82, 2.24) is 0 Å². The second-order valence-electron chi connectivity index (χ2n) is 12.2. The van der Waals surface area contributed by atoms with Crippen LogP contribution in [0.25, 0.3) is 10.8 Å². The lowest BCUT2D eigenvalue weighted by Gasteiger charge is -2.13. The number of phenolic OH excluding ortho intramolecular Hbond substituents is 2. The number of amides is 1. The summed E-state index contributed by atoms with van der Waals surface area (Å²) in [7, 11) is -5.29. The summed E-state index contributed by atoms with van der Waals surface area (Å²) in [5.74, 6) is -4.76. The van der Waals surface area contributed by atoms with Gasteiger partial charge in [0.25, 0.3) is 21.7 Å². The second-order valence-corrected chi connectivity index (χ2v) is 16.7. The van der Waals surface area contributed by atoms with Crippen LogP contribution < -0.4 is 5.01 Å². The van der Waals surface area contributed by atoms with E-state index in [2.05, 4.69) is 63.9 Å². The van der Waals surface area contributed by atoms with E-state index in [0.29, 0.717) is 23.0 Å². The van der Waals surface area contributed by atoms with Gasteiger partial charge in [-0.15, -0.1) is 33.5 Å². The zero-order valence-electron chi connectivity index (χ0n) is 32.0. The summed E-state index contributed by atoms with van der Waals surface area (Å²) in [4.78, 5) is 34.0. The number of hydrogen-bond acceptors (Lipinski definition) is 28. The SMILES string of the molecule is O=C(O)C1=NN(c2ccc(SOOO)cc2)C(=O)C1/N=N/c1ccc(/N=N/c2c(SOOO)cc3cc(S(=O)(=O)O)c(/N=N/c4ccc([N+](=O)[O-])cc4SOOO)c(O)c3c2O)c(S(=O)O)c1. The van der Waals surface area contributed by atoms with Gasteiger partial charge < -0.3 is 19.9 Å². The van der Waals surface area contributed by atoms with Gasteiger partial charge in [0.05, 0.1) is 72.5 Å². The van der Waals surface area contributed by atoms with Crippen molar-refractivity contribution in [3.05, 3.63) is 82.9 Å². The molecule has 0 saturated carbocycles. The third kappa shape index (κ3) is 11.5. The van der Waals surface area contributed by atoms with Gasteiger partial charge >= 0.3 is 5.97 Å². The standard InChI is InChI=1S/C32H21N9O21S5/c42-29-24-13(10-23(67(54,55)56)26(30(24)43)37-34-18-8-4-16(41(47)48)12-20(18)64-61-58-50)9-21(65-62-59-51)25(29)36-35-19-7-1-14(11-22(19)66(52)53)33-38-27-28(32(45)46)39-40(31(27)44)15-2-5-17(6-3-15)63-60-57-49/h1-12,27,42-43,49-51H,(H,45,46)(H,52,53)(H,54,55,56)/b36-35+,37-34+,38-33+. The van der Waals surface area contributed by atoms with E-state index in [1.54, 1.807) is 0 Å². The lowest BCUT2D eigenvalue weighted by atomic mass is 10.1. The second kappa shape index (κ2) is 21.9. The fraction of sp³-hybridized carbons (Fsp3) is 0.0312. The molecule has 0 aliphatic carbocycles. The number of nitrogens with zero attached hydrogens (tertiary/aromatic N) is 9. The molecule has 0 saturated heterocycles. The minimum Gasteiger partial charge on any atom is -0.505 e. The average molecular weight is 1030 g/mol. The quantitative estimate of drug-likeness (QED) is 0.00695. The number of nitro groups is 1. The third-order valence-corrected chi connectivity index (χ3v) is 11.7. The van der Waals surface area contributed by atoms with Crippen LogP contribution >= 0.6 is 36.1 Å². The van der Waals surface area contributed by atoms with Crippen molar-refractivity contribution in [1.29, 1.82) is 0 Å². The first-order valence-corrected chi connectivity index (χ1v) is 21.7. The molecule has 0 spiro atoms. The molecular weight excluding hydrogens is 1010 g/mol. The summed E-state index contributed by atoms with van der Waals surface area (Å²) in [6, 6.07) is 11.5. The first kappa shape index (κ1) is 49.9. The van der Waals surface area contributed by atoms with Crippen LogP contribution in [0.2, 0.25) is 0 Å². The van der Waals surface area contributed by atoms with E-state index in [4.69, 9.17) is 15.8 Å². The first-order valence-electron chi connectivity index (χ1n) is 17.0. The molecule has 2 atom stereocenters. The molecule has 1 aliphatic rings. The summed E-state index contributed by atoms with van der Waals surface area (Å²) in [5, 5.41) is 107. The predicted octanol–water partition coefficient (Wildman–Crippen LogP) is 8.04. The molecule has 8 N–H and O–H groups in total. The highest BCUT2D eigenvalue weighted by Gasteiger charge is 2.41. The van der Waals surface area contributed by atoms with Crippen molar-refractivity contribution in [2.45, 2.75) is 30.5 Å². The van der Waals surface area contributed by atoms with Gasteiger partial charge in [-0.2, -0.15) is 28.8 Å². The molecule has 1 amide bonds. The van der Waals surface area contributed by atoms with Crippen LogP contribution in [0.15, 0.2) is 133 Å². The number of carboxylic acid groups (broad SMARTS) is 1. The molecule has 1 heterocycles. The Morgan fingerprint density at radius 3 is 2.04 bits per heavy atom. The Morgan fingerprint density at radius 2 is 1.42 bits per heavy atom. The Labute approximate surface area is 385 Å². The molecule has 6 rings (SSSR count). The minimum atomic E-state index is -5.29. The molecule has 5 aromatic rings. The van der Waals surface area contributed by atoms with Gasteiger partial charge in [-0.1, -0.05) is 15.1 Å². The van der Waals surface area contributed by atoms with Gasteiger partial charge in [0.1, 0.15) is 27.6 Å². The van der Waals surface area contributed by atoms with Crippen molar-refractivity contribution in [2.75, 3.05) is 5.01 Å². The highest BCUT2D eigenvalue weighted by Crippen LogP contribution is 2.51. The molecular formula is C32H21N9O21S5. The summed E-state index contributed by atoms with van der Waals surface area (Å²) >= 11 is -1.93. The van der Waals surface area contributed by atoms with Crippen molar-refractivity contribution in [3.63, 3.8) is 0 Å². The number of carboxylic acids is 1. The molecule has 1 aliphatic heterocycles. The van der Waals surface area contributed by atoms with E-state index < -0.39 is 99.2 Å². The number of hydrazone groups is 1. The Kier molecular flexibility index (Phi) is 16.3. The van der Waals surface area contributed by atoms with Crippen LogP contribution in [0, 0.1) is 10.1 Å². The Bertz CT molecular complexity index is 3040. The minimum absolute atomic E-state index is 0.109. The van der Waals surface area contributed by atoms with Gasteiger partial charge in [0.15, 0.2) is 28.3 Å². The molecule has 30 nitrogen and oxygen atoms in total. The number of benzene rings is 5. The monoisotopic (exact) mass is 1030 g/mol. The molecule has 35 heteroatoms. The number of hydrogen-bond donors (Lipinski definition) is 8. The normalized spacial score (nSPS) is 14.8. The summed E-state index contributed by atoms with van der Waals surface area (Å²) in [5.41, 5.74) is -3.68. The molecule has 0 radical (unpaired) electrons. The fourth-order valence-corrected chi connectivity index (χ4v) is 7.98. The maximum atomic E-state index is 13.3. The highest BCUT2D eigenvalue weighted by atomic mass is 32.2. The number of aliphatic carboxylic acids is 1. The van der Waals surface area contributed by atoms with E-state index in [1.807, 2.05) is 0 Å². The summed E-state index contributed by atoms with van der Waals surface area (Å²) in [6.07, 6.45) is 0. The molecule has 350 valence electrons. The number of anilines is 1. The zero-order valence-corrected chi connectivity index (χ0v) is 36.0. The number of rotatable bonds is 20. The lowest BCUT2D eigenvalue weighted by Crippen LogP contribution is -2.33. The number of phenols is 2. The molecule has 0 bridgehead atoms. The van der Waals surface area contributed by atoms with E-state index >= 15 is 0 Å². The largest absolute Gasteiger partial charge is 0.505 e. The van der Waals surface area contributed by atoms with Gasteiger partial charge in [0.2, 0.25) is 6.04 Å². The Hall–Kier alpha value is -6.52. The molecule has 67 heavy (non-hydrogen) atoms. The van der Waals surface area contributed by atoms with Crippen molar-refractivity contribution in [3.8, 4) is 11.5 Å². The highest BCUT2D eigenvalue weighted by molar-refractivity contribution is 7.95. The smallest absolute Gasteiger partial charge is 0.355 e. The number of carbonyl (C=O) groups excluding carboxylic acids is 1. The molecule has 5 aromatic carbocycles. The summed E-state index contributed by atoms with van der Waals surface area (Å²) < 4.78 is 70.9. The Balaban J connectivity index is 1.37. The number of carbonyl (C=O) groups is 2. The number of nitro benzene ring substituents is 1. The summed E-state index contributed by atoms with van der Waals surface area (Å²) in [6.45, 7) is 0. The fourth-order valence-electron chi connectivity index (χ4n) is 5.49. The van der Waals surface area contributed by atoms with E-state index in [1.165, 1.54) is 24.3 Å². The van der Waals surface area contributed by atoms with Crippen LogP contribution in [-0.2, 0) is 58.9 Å². The number of fused-ring (bicyclic) bond motifs is 1. The van der Waals surface area contributed by atoms with E-state index in [0.717, 1.165) is 47.5 Å². The van der Waals surface area contributed by atoms with Crippen LogP contribution in [0.3, 0.4) is 0 Å². The molecule has 0 fully saturated rings. The van der Waals surface area contributed by atoms with Crippen LogP contribution in [0.5, 0.6) is 11.5 Å². The van der Waals surface area contributed by atoms with Crippen LogP contribution in [0.1, 0.15) is 0 Å². The molecule has 2 unspecified atom stereocenters. The molecule has 0 aromatic heterocycles. The van der Waals surface area contributed by atoms with Gasteiger partial charge in [0, 0.05) is 17.0 Å². The van der Waals surface area contributed by atoms with Crippen LogP contribution in [-0.4, -0.2) is 81.4 Å². The van der Waals surface area contributed by atoms with Gasteiger partial charge in [-0.3, -0.25) is 19.5 Å². The topological polar surface area (TPSA) is 435 Å². The van der Waals surface area contributed by atoms with Gasteiger partial charge in [-0.25, -0.2) is 24.8 Å². The zero-order chi connectivity index (χ0) is 48.6. The number of non-ortho nitro benzene ring substituents is 1. The van der Waals surface area contributed by atoms with E-state index in [9.17, 15) is 56.8 Å². The lowest BCUT2D eigenvalue weighted by molar-refractivity contribution is -0.432. The predicted molar refractivity (Wildman–Crippen MR) is 223 cm³/mol. The van der Waals surface area contributed by atoms with Crippen molar-refractivity contribution < 1.29 is 95.5 Å². The van der Waals surface area contributed by atoms with E-state index in [-0.39, 0.29) is 56.3 Å². The maximum Gasteiger partial charge on any atom is 0.355 e. The first-order chi connectivity index (χ1) is 32.0. The van der Waals surface area contributed by atoms with Crippen molar-refractivity contribution >= 4 is 125 Å². The maximum absolute atomic E-state index is 13.3. The Morgan fingerprint density at radius 1 is 0.806 bits per heavy atom. The number of azo groups is 3. The third-order valence-electron chi connectivity index (χ3n) is 8.30. The average Bonchev–Trinajstić information content (AvgIpc) is 3.63. The van der Waals surface area contributed by atoms with Crippen LogP contribution in [0.4, 0.5) is 39.8 Å². The van der Waals surface area contributed by atoms with Gasteiger partial charge in [-0.05, 0) is 66.0 Å². The number of aromatic hydroxyl groups is 2. The van der Waals surface area contributed by atoms with Crippen molar-refractivity contribution in [2.24, 2.45) is 35.8 Å².